The number of halogens is 1. The quantitative estimate of drug-likeness (QED) is 0.664. The van der Waals surface area contributed by atoms with Crippen LogP contribution in [0.5, 0.6) is 0 Å². The molecule has 4 nitrogen and oxygen atoms in total. The molecule has 0 aromatic heterocycles. The Bertz CT molecular complexity index is 575. The fourth-order valence-corrected chi connectivity index (χ4v) is 4.48. The molecule has 0 bridgehead atoms. The zero-order chi connectivity index (χ0) is 14.8. The van der Waals surface area contributed by atoms with Crippen molar-refractivity contribution < 1.29 is 8.42 Å². The highest BCUT2D eigenvalue weighted by atomic mass is 35.5. The van der Waals surface area contributed by atoms with E-state index in [-0.39, 0.29) is 16.0 Å². The summed E-state index contributed by atoms with van der Waals surface area (Å²) < 4.78 is 27.6. The van der Waals surface area contributed by atoms with Crippen LogP contribution in [0, 0.1) is 5.92 Å². The van der Waals surface area contributed by atoms with E-state index in [4.69, 9.17) is 17.3 Å². The predicted molar refractivity (Wildman–Crippen MR) is 82.2 cm³/mol. The van der Waals surface area contributed by atoms with Crippen LogP contribution in [0.15, 0.2) is 23.1 Å². The van der Waals surface area contributed by atoms with Crippen molar-refractivity contribution >= 4 is 27.3 Å². The van der Waals surface area contributed by atoms with E-state index in [1.165, 1.54) is 18.6 Å². The maximum absolute atomic E-state index is 12.4. The molecule has 112 valence electrons. The summed E-state index contributed by atoms with van der Waals surface area (Å²) in [5.41, 5.74) is 6.05. The van der Waals surface area contributed by atoms with Gasteiger partial charge < -0.3 is 5.73 Å². The second-order valence-electron chi connectivity index (χ2n) is 5.62. The topological polar surface area (TPSA) is 72.2 Å². The summed E-state index contributed by atoms with van der Waals surface area (Å²) in [4.78, 5) is 0.102. The van der Waals surface area contributed by atoms with E-state index in [9.17, 15) is 8.42 Å². The van der Waals surface area contributed by atoms with Gasteiger partial charge in [-0.15, -0.1) is 0 Å². The lowest BCUT2D eigenvalue weighted by Gasteiger charge is -2.17. The third kappa shape index (κ3) is 3.87. The highest BCUT2D eigenvalue weighted by Gasteiger charge is 2.24. The summed E-state index contributed by atoms with van der Waals surface area (Å²) in [7, 11) is -3.58. The van der Waals surface area contributed by atoms with Gasteiger partial charge in [0.25, 0.3) is 0 Å². The first-order valence-corrected chi connectivity index (χ1v) is 8.82. The van der Waals surface area contributed by atoms with Gasteiger partial charge in [0, 0.05) is 11.7 Å². The van der Waals surface area contributed by atoms with Crippen LogP contribution in [-0.2, 0) is 10.0 Å². The molecule has 0 heterocycles. The largest absolute Gasteiger partial charge is 0.399 e. The number of hydrogen-bond donors (Lipinski definition) is 2. The van der Waals surface area contributed by atoms with Gasteiger partial charge in [0.2, 0.25) is 10.0 Å². The van der Waals surface area contributed by atoms with Crippen molar-refractivity contribution in [3.05, 3.63) is 23.2 Å². The first kappa shape index (κ1) is 15.6. The predicted octanol–water partition coefficient (Wildman–Crippen LogP) is 3.17. The molecule has 1 saturated carbocycles. The number of anilines is 1. The minimum absolute atomic E-state index is 0.00132. The molecule has 1 aliphatic carbocycles. The van der Waals surface area contributed by atoms with Crippen LogP contribution in [0.3, 0.4) is 0 Å². The van der Waals surface area contributed by atoms with Crippen molar-refractivity contribution in [2.24, 2.45) is 5.92 Å². The Morgan fingerprint density at radius 2 is 2.00 bits per heavy atom. The molecule has 20 heavy (non-hydrogen) atoms. The molecule has 0 amide bonds. The number of sulfonamides is 1. The molecule has 0 radical (unpaired) electrons. The van der Waals surface area contributed by atoms with Crippen molar-refractivity contribution in [3.8, 4) is 0 Å². The zero-order valence-corrected chi connectivity index (χ0v) is 13.2. The van der Waals surface area contributed by atoms with E-state index in [1.54, 1.807) is 6.07 Å². The van der Waals surface area contributed by atoms with E-state index in [2.05, 4.69) is 11.6 Å². The molecule has 1 aromatic carbocycles. The average Bonchev–Trinajstić information content (AvgIpc) is 2.53. The molecule has 0 aliphatic heterocycles. The summed E-state index contributed by atoms with van der Waals surface area (Å²) in [5.74, 6) is 0.671. The highest BCUT2D eigenvalue weighted by molar-refractivity contribution is 7.89. The Kier molecular flexibility index (Phi) is 4.94. The lowest BCUT2D eigenvalue weighted by atomic mass is 10.0. The molecule has 0 saturated heterocycles. The molecule has 1 aliphatic rings. The van der Waals surface area contributed by atoms with Gasteiger partial charge in [-0.2, -0.15) is 0 Å². The van der Waals surface area contributed by atoms with Crippen molar-refractivity contribution in [2.75, 3.05) is 5.73 Å². The standard InChI is InChI=1S/C14H21ClN2O2S/c1-10-3-2-4-12(7-5-10)17-20(18,19)14-8-6-11(16)9-13(14)15/h6,8-10,12,17H,2-5,7,16H2,1H3. The number of nitrogens with two attached hydrogens (primary N) is 1. The molecule has 2 atom stereocenters. The molecular formula is C14H21ClN2O2S. The fourth-order valence-electron chi connectivity index (χ4n) is 2.62. The Morgan fingerprint density at radius 1 is 1.25 bits per heavy atom. The Labute approximate surface area is 125 Å². The van der Waals surface area contributed by atoms with Gasteiger partial charge in [-0.25, -0.2) is 13.1 Å². The van der Waals surface area contributed by atoms with Gasteiger partial charge in [-0.1, -0.05) is 31.4 Å². The van der Waals surface area contributed by atoms with Crippen molar-refractivity contribution in [1.82, 2.24) is 4.72 Å². The van der Waals surface area contributed by atoms with Crippen LogP contribution in [0.4, 0.5) is 5.69 Å². The lowest BCUT2D eigenvalue weighted by molar-refractivity contribution is 0.484. The molecule has 2 unspecified atom stereocenters. The number of benzene rings is 1. The first-order valence-electron chi connectivity index (χ1n) is 6.96. The SMILES string of the molecule is CC1CCCC(NS(=O)(=O)c2ccc(N)cc2Cl)CC1. The van der Waals surface area contributed by atoms with Crippen LogP contribution in [0.1, 0.15) is 39.0 Å². The van der Waals surface area contributed by atoms with Gasteiger partial charge in [0.1, 0.15) is 4.90 Å². The van der Waals surface area contributed by atoms with Crippen LogP contribution in [0.25, 0.3) is 0 Å². The summed E-state index contributed by atoms with van der Waals surface area (Å²) in [6.07, 6.45) is 5.05. The number of hydrogen-bond acceptors (Lipinski definition) is 3. The lowest BCUT2D eigenvalue weighted by Crippen LogP contribution is -2.34. The Balaban J connectivity index is 2.14. The first-order chi connectivity index (χ1) is 9.38. The number of nitrogens with one attached hydrogen (secondary N) is 1. The van der Waals surface area contributed by atoms with Gasteiger partial charge in [0.05, 0.1) is 5.02 Å². The molecule has 6 heteroatoms. The third-order valence-electron chi connectivity index (χ3n) is 3.82. The molecular weight excluding hydrogens is 296 g/mol. The molecule has 3 N–H and O–H groups in total. The van der Waals surface area contributed by atoms with Gasteiger partial charge in [0.15, 0.2) is 0 Å². The number of nitrogen functional groups attached to an aromatic ring is 1. The molecule has 1 aromatic rings. The minimum Gasteiger partial charge on any atom is -0.399 e. The van der Waals surface area contributed by atoms with E-state index in [0.717, 1.165) is 25.7 Å². The zero-order valence-electron chi connectivity index (χ0n) is 11.6. The van der Waals surface area contributed by atoms with Crippen LogP contribution >= 0.6 is 11.6 Å². The molecule has 2 rings (SSSR count). The van der Waals surface area contributed by atoms with Crippen molar-refractivity contribution in [3.63, 3.8) is 0 Å². The average molecular weight is 317 g/mol. The van der Waals surface area contributed by atoms with Crippen LogP contribution in [-0.4, -0.2) is 14.5 Å². The normalized spacial score (nSPS) is 24.3. The van der Waals surface area contributed by atoms with E-state index >= 15 is 0 Å². The van der Waals surface area contributed by atoms with E-state index in [1.807, 2.05) is 0 Å². The Morgan fingerprint density at radius 3 is 2.70 bits per heavy atom. The Hall–Kier alpha value is -0.780. The maximum Gasteiger partial charge on any atom is 0.242 e. The second-order valence-corrected chi connectivity index (χ2v) is 7.71. The third-order valence-corrected chi connectivity index (χ3v) is 5.83. The van der Waals surface area contributed by atoms with Crippen molar-refractivity contribution in [2.45, 2.75) is 50.0 Å². The molecule has 0 spiro atoms. The summed E-state index contributed by atoms with van der Waals surface area (Å²) in [6, 6.07) is 4.47. The van der Waals surface area contributed by atoms with E-state index in [0.29, 0.717) is 11.6 Å². The van der Waals surface area contributed by atoms with E-state index < -0.39 is 10.0 Å². The molecule has 1 fully saturated rings. The summed E-state index contributed by atoms with van der Waals surface area (Å²) in [5, 5.41) is 0.166. The van der Waals surface area contributed by atoms with Gasteiger partial charge in [-0.3, -0.25) is 0 Å². The minimum atomic E-state index is -3.58. The van der Waals surface area contributed by atoms with Gasteiger partial charge >= 0.3 is 0 Å². The monoisotopic (exact) mass is 316 g/mol. The van der Waals surface area contributed by atoms with Gasteiger partial charge in [-0.05, 0) is 43.4 Å². The van der Waals surface area contributed by atoms with Crippen LogP contribution < -0.4 is 10.5 Å². The highest BCUT2D eigenvalue weighted by Crippen LogP contribution is 2.27. The number of rotatable bonds is 3. The second kappa shape index (κ2) is 6.33. The summed E-state index contributed by atoms with van der Waals surface area (Å²) in [6.45, 7) is 2.22. The fraction of sp³-hybridized carbons (Fsp3) is 0.571. The van der Waals surface area contributed by atoms with Crippen LogP contribution in [0.2, 0.25) is 5.02 Å². The summed E-state index contributed by atoms with van der Waals surface area (Å²) >= 11 is 5.99. The smallest absolute Gasteiger partial charge is 0.242 e. The van der Waals surface area contributed by atoms with Crippen molar-refractivity contribution in [1.29, 1.82) is 0 Å². The maximum atomic E-state index is 12.4.